The van der Waals surface area contributed by atoms with Crippen LogP contribution in [0.3, 0.4) is 0 Å². The summed E-state index contributed by atoms with van der Waals surface area (Å²) in [5.41, 5.74) is 1.62. The van der Waals surface area contributed by atoms with Crippen LogP contribution in [-0.4, -0.2) is 28.7 Å². The Kier molecular flexibility index (Phi) is 8.89. The Balaban J connectivity index is 1.42. The Morgan fingerprint density at radius 3 is 2.22 bits per heavy atom. The van der Waals surface area contributed by atoms with Crippen molar-refractivity contribution in [1.29, 1.82) is 0 Å². The molecule has 1 aliphatic heterocycles. The van der Waals surface area contributed by atoms with Gasteiger partial charge >= 0.3 is 18.1 Å². The second-order valence-corrected chi connectivity index (χ2v) is 14.0. The molecule has 0 saturated carbocycles. The summed E-state index contributed by atoms with van der Waals surface area (Å²) in [7, 11) is 0. The van der Waals surface area contributed by atoms with Crippen molar-refractivity contribution in [3.05, 3.63) is 137 Å². The van der Waals surface area contributed by atoms with Gasteiger partial charge in [0.25, 0.3) is 5.01 Å². The lowest BCUT2D eigenvalue weighted by atomic mass is 9.74. The number of thiazole rings is 1. The van der Waals surface area contributed by atoms with Gasteiger partial charge in [-0.1, -0.05) is 90.2 Å². The molecule has 2 heterocycles. The van der Waals surface area contributed by atoms with Gasteiger partial charge in [0.05, 0.1) is 12.0 Å². The smallest absolute Gasteiger partial charge is 0.416 e. The number of fused-ring (bicyclic) bond motifs is 6. The molecule has 0 amide bonds. The van der Waals surface area contributed by atoms with Crippen LogP contribution in [0.4, 0.5) is 18.9 Å². The summed E-state index contributed by atoms with van der Waals surface area (Å²) < 4.78 is 46.1. The van der Waals surface area contributed by atoms with Gasteiger partial charge in [0, 0.05) is 40.9 Å². The lowest BCUT2D eigenvalue weighted by molar-refractivity contribution is -0.667. The molecule has 0 radical (unpaired) electrons. The Bertz CT molecular complexity index is 2400. The lowest BCUT2D eigenvalue weighted by Crippen LogP contribution is -2.36. The van der Waals surface area contributed by atoms with Crippen molar-refractivity contribution in [3.63, 3.8) is 0 Å². The predicted molar refractivity (Wildman–Crippen MR) is 195 cm³/mol. The maximum Gasteiger partial charge on any atom is 0.416 e. The van der Waals surface area contributed by atoms with E-state index < -0.39 is 29.1 Å². The van der Waals surface area contributed by atoms with Gasteiger partial charge in [-0.15, -0.1) is 0 Å². The number of hydrogen-bond acceptors (Lipinski definition) is 4. The Labute approximate surface area is 296 Å². The second-order valence-electron chi connectivity index (χ2n) is 12.9. The van der Waals surface area contributed by atoms with Crippen molar-refractivity contribution in [2.24, 2.45) is 0 Å². The Hall–Kier alpha value is -5.48. The molecule has 1 aliphatic rings. The van der Waals surface area contributed by atoms with Crippen LogP contribution in [0.5, 0.6) is 0 Å². The predicted octanol–water partition coefficient (Wildman–Crippen LogP) is 9.38. The van der Waals surface area contributed by atoms with Crippen LogP contribution in [0.1, 0.15) is 41.5 Å². The van der Waals surface area contributed by atoms with Gasteiger partial charge in [0.2, 0.25) is 5.52 Å². The van der Waals surface area contributed by atoms with E-state index >= 15 is 0 Å². The van der Waals surface area contributed by atoms with Gasteiger partial charge in [-0.05, 0) is 64.9 Å². The maximum absolute atomic E-state index is 14.4. The number of alkyl halides is 3. The number of halogens is 3. The minimum atomic E-state index is -4.56. The topological polar surface area (TPSA) is 81.7 Å². The number of hydrogen-bond donors (Lipinski definition) is 2. The first-order chi connectivity index (χ1) is 24.5. The maximum atomic E-state index is 14.4. The molecule has 0 aliphatic carbocycles. The van der Waals surface area contributed by atoms with Crippen molar-refractivity contribution in [1.82, 2.24) is 0 Å². The van der Waals surface area contributed by atoms with Crippen LogP contribution in [0, 0.1) is 0 Å². The van der Waals surface area contributed by atoms with Crippen LogP contribution in [0.2, 0.25) is 0 Å². The first kappa shape index (κ1) is 34.0. The van der Waals surface area contributed by atoms with Crippen molar-refractivity contribution in [2.45, 2.75) is 44.3 Å². The molecule has 1 unspecified atom stereocenters. The number of allylic oxidation sites excluding steroid dienone is 3. The van der Waals surface area contributed by atoms with Crippen molar-refractivity contribution < 1.29 is 37.5 Å². The summed E-state index contributed by atoms with van der Waals surface area (Å²) in [5.74, 6) is -1.90. The number of aryl methyl sites for hydroxylation is 1. The van der Waals surface area contributed by atoms with Gasteiger partial charge < -0.3 is 15.1 Å². The van der Waals surface area contributed by atoms with Crippen LogP contribution in [0.15, 0.2) is 115 Å². The molecule has 6 aromatic rings. The van der Waals surface area contributed by atoms with Crippen LogP contribution >= 0.6 is 11.3 Å². The van der Waals surface area contributed by atoms with E-state index in [-0.39, 0.29) is 37.9 Å². The average molecular weight is 708 g/mol. The summed E-state index contributed by atoms with van der Waals surface area (Å²) >= 11 is 1.54. The van der Waals surface area contributed by atoms with E-state index in [4.69, 9.17) is 0 Å². The number of carboxylic acids is 2. The number of carboxylic acid groups (broad SMARTS) is 2. The van der Waals surface area contributed by atoms with Crippen LogP contribution in [0.25, 0.3) is 37.8 Å². The highest BCUT2D eigenvalue weighted by Crippen LogP contribution is 2.53. The third-order valence-electron chi connectivity index (χ3n) is 9.69. The zero-order valence-corrected chi connectivity index (χ0v) is 28.5. The fourth-order valence-electron chi connectivity index (χ4n) is 7.47. The van der Waals surface area contributed by atoms with E-state index in [1.54, 1.807) is 6.07 Å². The molecule has 7 rings (SSSR count). The van der Waals surface area contributed by atoms with Crippen molar-refractivity contribution in [2.75, 3.05) is 11.4 Å². The van der Waals surface area contributed by atoms with E-state index in [1.807, 2.05) is 107 Å². The Morgan fingerprint density at radius 2 is 1.49 bits per heavy atom. The van der Waals surface area contributed by atoms with Gasteiger partial charge in [0.15, 0.2) is 6.54 Å². The lowest BCUT2D eigenvalue weighted by Gasteiger charge is -2.31. The van der Waals surface area contributed by atoms with Crippen molar-refractivity contribution in [3.8, 4) is 0 Å². The number of nitrogens with zero attached hydrogens (tertiary/aromatic N) is 2. The fourth-order valence-corrected chi connectivity index (χ4v) is 8.70. The molecular weight excluding hydrogens is 674 g/mol. The highest BCUT2D eigenvalue weighted by Gasteiger charge is 2.46. The monoisotopic (exact) mass is 707 g/mol. The normalized spacial score (nSPS) is 16.9. The minimum Gasteiger partial charge on any atom is -0.481 e. The highest BCUT2D eigenvalue weighted by molar-refractivity contribution is 7.19. The molecule has 51 heavy (non-hydrogen) atoms. The number of rotatable bonds is 10. The number of anilines is 1. The first-order valence-electron chi connectivity index (χ1n) is 16.6. The number of benzene rings is 5. The van der Waals surface area contributed by atoms with Gasteiger partial charge in [-0.3, -0.25) is 9.59 Å². The SMILES string of the molecule is CC1(Cc2ccccc2C(F)(F)F)/C(=C\C=C\c2sc3c4ccccc4ccc3[n+]2CCC(=O)O)N(CCC(=O)O)c2ccc3ccccc3c21. The summed E-state index contributed by atoms with van der Waals surface area (Å²) in [5, 5.41) is 24.0. The molecule has 0 bridgehead atoms. The fraction of sp³-hybridized carbons (Fsp3) is 0.195. The quantitative estimate of drug-likeness (QED) is 0.139. The van der Waals surface area contributed by atoms with Gasteiger partial charge in [-0.2, -0.15) is 17.7 Å². The highest BCUT2D eigenvalue weighted by atomic mass is 32.1. The summed E-state index contributed by atoms with van der Waals surface area (Å²) in [6, 6.07) is 29.2. The molecule has 1 atom stereocenters. The van der Waals surface area contributed by atoms with E-state index in [9.17, 15) is 33.0 Å². The molecule has 0 fully saturated rings. The van der Waals surface area contributed by atoms with E-state index in [1.165, 1.54) is 23.5 Å². The summed E-state index contributed by atoms with van der Waals surface area (Å²) in [4.78, 5) is 25.5. The standard InChI is InChI=1S/C41H33F3N2O4S/c1-40(25-28-11-4-7-14-31(28)41(42,43)44)34(45(23-21-36(47)48)32-19-17-26-9-2-5-12-29(26)38(32)40)15-8-16-35-46(24-22-37(49)50)33-20-18-27-10-3-6-13-30(27)39(33)51-35/h2-20H,21-25H2,1H3,(H-,47,48,49,50)/p+1. The van der Waals surface area contributed by atoms with E-state index in [2.05, 4.69) is 0 Å². The molecule has 1 aromatic heterocycles. The van der Waals surface area contributed by atoms with Gasteiger partial charge in [-0.25, -0.2) is 0 Å². The number of carbonyl (C=O) groups is 2. The number of aliphatic carboxylic acids is 2. The molecule has 0 spiro atoms. The average Bonchev–Trinajstić information content (AvgIpc) is 3.57. The first-order valence-corrected chi connectivity index (χ1v) is 17.4. The Morgan fingerprint density at radius 1 is 0.843 bits per heavy atom. The summed E-state index contributed by atoms with van der Waals surface area (Å²) in [6.45, 7) is 2.30. The molecule has 10 heteroatoms. The van der Waals surface area contributed by atoms with E-state index in [0.717, 1.165) is 54.1 Å². The third-order valence-corrected chi connectivity index (χ3v) is 10.9. The van der Waals surface area contributed by atoms with Gasteiger partial charge in [0.1, 0.15) is 11.1 Å². The largest absolute Gasteiger partial charge is 0.481 e. The third kappa shape index (κ3) is 6.36. The minimum absolute atomic E-state index is 0.0143. The van der Waals surface area contributed by atoms with E-state index in [0.29, 0.717) is 5.70 Å². The summed E-state index contributed by atoms with van der Waals surface area (Å²) in [6.07, 6.45) is 0.810. The molecule has 258 valence electrons. The number of aromatic nitrogens is 1. The molecule has 5 aromatic carbocycles. The molecular formula is C41H34F3N2O4S+. The second kappa shape index (κ2) is 13.3. The van der Waals surface area contributed by atoms with Crippen molar-refractivity contribution >= 4 is 66.8 Å². The molecule has 6 nitrogen and oxygen atoms in total. The molecule has 0 saturated heterocycles. The van der Waals surface area contributed by atoms with Crippen LogP contribution < -0.4 is 9.47 Å². The zero-order chi connectivity index (χ0) is 35.9. The van der Waals surface area contributed by atoms with Crippen LogP contribution in [-0.2, 0) is 34.1 Å². The molecule has 2 N–H and O–H groups in total. The zero-order valence-electron chi connectivity index (χ0n) is 27.7.